The zero-order chi connectivity index (χ0) is 25.2. The van der Waals surface area contributed by atoms with Gasteiger partial charge in [-0.3, -0.25) is 14.2 Å². The van der Waals surface area contributed by atoms with Crippen molar-refractivity contribution in [3.05, 3.63) is 106 Å². The lowest BCUT2D eigenvalue weighted by Crippen LogP contribution is -2.22. The number of hydrogen-bond acceptors (Lipinski definition) is 4. The Morgan fingerprint density at radius 2 is 1.64 bits per heavy atom. The molecule has 0 radical (unpaired) electrons. The second-order valence-electron chi connectivity index (χ2n) is 8.27. The van der Waals surface area contributed by atoms with Crippen LogP contribution in [0.15, 0.2) is 94.8 Å². The van der Waals surface area contributed by atoms with Gasteiger partial charge in [-0.05, 0) is 48.5 Å². The first kappa shape index (κ1) is 23.2. The monoisotopic (exact) mass is 496 g/mol. The second kappa shape index (κ2) is 9.59. The summed E-state index contributed by atoms with van der Waals surface area (Å²) in [6, 6.07) is 23.3. The maximum atomic E-state index is 13.7. The fraction of sp³-hybridized carbons (Fsp3) is 0.0741. The molecule has 0 aliphatic heterocycles. The number of hydrogen-bond donors (Lipinski definition) is 0. The Morgan fingerprint density at radius 1 is 0.944 bits per heavy atom. The highest BCUT2D eigenvalue weighted by molar-refractivity contribution is 6.30. The molecular weight excluding hydrogens is 476 g/mol. The van der Waals surface area contributed by atoms with E-state index >= 15 is 0 Å². The summed E-state index contributed by atoms with van der Waals surface area (Å²) in [5, 5.41) is 5.37. The second-order valence-corrected chi connectivity index (χ2v) is 8.71. The van der Waals surface area contributed by atoms with E-state index in [1.165, 1.54) is 17.1 Å². The van der Waals surface area contributed by atoms with Gasteiger partial charge in [0.25, 0.3) is 11.5 Å². The minimum absolute atomic E-state index is 0.268. The van der Waals surface area contributed by atoms with Crippen LogP contribution in [0.4, 0.5) is 0 Å². The molecule has 8 nitrogen and oxygen atoms in total. The Kier molecular flexibility index (Phi) is 6.18. The SMILES string of the molecule is CN(C)/C=N/C(=O)c1ccc(-c2nc3c(cnn3-c3ccccc3)c(=O)n2-c2ccc(Cl)cc2)cc1. The van der Waals surface area contributed by atoms with E-state index in [1.54, 1.807) is 72.2 Å². The van der Waals surface area contributed by atoms with Gasteiger partial charge in [0, 0.05) is 30.2 Å². The first-order chi connectivity index (χ1) is 17.4. The summed E-state index contributed by atoms with van der Waals surface area (Å²) >= 11 is 6.09. The van der Waals surface area contributed by atoms with E-state index in [9.17, 15) is 9.59 Å². The van der Waals surface area contributed by atoms with E-state index in [4.69, 9.17) is 16.6 Å². The van der Waals surface area contributed by atoms with Gasteiger partial charge in [0.2, 0.25) is 0 Å². The molecule has 178 valence electrons. The summed E-state index contributed by atoms with van der Waals surface area (Å²) in [5.41, 5.74) is 2.63. The normalized spacial score (nSPS) is 11.3. The quantitative estimate of drug-likeness (QED) is 0.262. The molecule has 0 saturated heterocycles. The molecule has 0 fully saturated rings. The molecule has 5 aromatic rings. The number of para-hydroxylation sites is 1. The lowest BCUT2D eigenvalue weighted by atomic mass is 10.1. The Hall–Kier alpha value is -4.56. The van der Waals surface area contributed by atoms with Gasteiger partial charge in [0.15, 0.2) is 5.65 Å². The van der Waals surface area contributed by atoms with Gasteiger partial charge in [-0.15, -0.1) is 0 Å². The smallest absolute Gasteiger partial charge is 0.278 e. The fourth-order valence-electron chi connectivity index (χ4n) is 3.75. The van der Waals surface area contributed by atoms with E-state index in [1.807, 2.05) is 30.3 Å². The molecule has 2 heterocycles. The third-order valence-electron chi connectivity index (χ3n) is 5.48. The number of halogens is 1. The van der Waals surface area contributed by atoms with Crippen molar-refractivity contribution >= 4 is 34.9 Å². The predicted molar refractivity (Wildman–Crippen MR) is 141 cm³/mol. The standard InChI is InChI=1S/C27H21ClN6O2/c1-32(2)17-29-26(35)19-10-8-18(9-11-19)24-31-25-23(16-30-34(25)22-6-4-3-5-7-22)27(36)33(24)21-14-12-20(28)13-15-21/h3-17H,1-2H3/b29-17+. The molecule has 0 bridgehead atoms. The van der Waals surface area contributed by atoms with Crippen LogP contribution in [0.5, 0.6) is 0 Å². The summed E-state index contributed by atoms with van der Waals surface area (Å²) in [6.07, 6.45) is 2.98. The highest BCUT2D eigenvalue weighted by Crippen LogP contribution is 2.25. The third-order valence-corrected chi connectivity index (χ3v) is 5.73. The molecule has 3 aromatic carbocycles. The van der Waals surface area contributed by atoms with Crippen LogP contribution in [0.1, 0.15) is 10.4 Å². The number of aromatic nitrogens is 4. The molecule has 0 aliphatic rings. The van der Waals surface area contributed by atoms with Gasteiger partial charge in [0.05, 0.1) is 23.9 Å². The van der Waals surface area contributed by atoms with Crippen LogP contribution in [0.3, 0.4) is 0 Å². The number of carbonyl (C=O) groups is 1. The number of aliphatic imine (C=N–C) groups is 1. The highest BCUT2D eigenvalue weighted by Gasteiger charge is 2.19. The van der Waals surface area contributed by atoms with Crippen LogP contribution < -0.4 is 5.56 Å². The fourth-order valence-corrected chi connectivity index (χ4v) is 3.88. The topological polar surface area (TPSA) is 85.4 Å². The zero-order valence-electron chi connectivity index (χ0n) is 19.5. The summed E-state index contributed by atoms with van der Waals surface area (Å²) in [6.45, 7) is 0. The van der Waals surface area contributed by atoms with Crippen LogP contribution in [0, 0.1) is 0 Å². The number of amides is 1. The molecular formula is C27H21ClN6O2. The first-order valence-electron chi connectivity index (χ1n) is 11.1. The van der Waals surface area contributed by atoms with Gasteiger partial charge < -0.3 is 4.90 Å². The lowest BCUT2D eigenvalue weighted by molar-refractivity contribution is 0.100. The average molecular weight is 497 g/mol. The molecule has 0 unspecified atom stereocenters. The minimum atomic E-state index is -0.365. The van der Waals surface area contributed by atoms with Crippen molar-refractivity contribution in [1.82, 2.24) is 24.2 Å². The van der Waals surface area contributed by atoms with Gasteiger partial charge in [-0.25, -0.2) is 9.67 Å². The maximum absolute atomic E-state index is 13.7. The summed E-state index contributed by atoms with van der Waals surface area (Å²) in [7, 11) is 3.58. The van der Waals surface area contributed by atoms with Crippen molar-refractivity contribution in [3.63, 3.8) is 0 Å². The number of rotatable bonds is 5. The van der Waals surface area contributed by atoms with E-state index < -0.39 is 0 Å². The first-order valence-corrected chi connectivity index (χ1v) is 11.5. The van der Waals surface area contributed by atoms with Crippen molar-refractivity contribution < 1.29 is 4.79 Å². The van der Waals surface area contributed by atoms with E-state index in [0.717, 1.165) is 5.69 Å². The molecule has 0 saturated carbocycles. The van der Waals surface area contributed by atoms with E-state index in [0.29, 0.717) is 38.7 Å². The largest absolute Gasteiger partial charge is 0.369 e. The lowest BCUT2D eigenvalue weighted by Gasteiger charge is -2.14. The number of nitrogens with zero attached hydrogens (tertiary/aromatic N) is 6. The van der Waals surface area contributed by atoms with Crippen LogP contribution >= 0.6 is 11.6 Å². The summed E-state index contributed by atoms with van der Waals surface area (Å²) < 4.78 is 3.16. The number of carbonyl (C=O) groups excluding carboxylic acids is 1. The molecule has 36 heavy (non-hydrogen) atoms. The molecule has 0 spiro atoms. The van der Waals surface area contributed by atoms with Gasteiger partial charge in [0.1, 0.15) is 11.2 Å². The van der Waals surface area contributed by atoms with Crippen LogP contribution in [-0.2, 0) is 0 Å². The van der Waals surface area contributed by atoms with Gasteiger partial charge >= 0.3 is 0 Å². The molecule has 0 N–H and O–H groups in total. The molecule has 2 aromatic heterocycles. The molecule has 5 rings (SSSR count). The number of fused-ring (bicyclic) bond motifs is 1. The van der Waals surface area contributed by atoms with Crippen molar-refractivity contribution in [2.24, 2.45) is 4.99 Å². The Labute approximate surface area is 211 Å². The minimum Gasteiger partial charge on any atom is -0.369 e. The van der Waals surface area contributed by atoms with Gasteiger partial charge in [-0.1, -0.05) is 41.9 Å². The number of benzene rings is 3. The Balaban J connectivity index is 1.70. The van der Waals surface area contributed by atoms with Crippen LogP contribution in [-0.4, -0.2) is 50.6 Å². The summed E-state index contributed by atoms with van der Waals surface area (Å²) in [5.74, 6) is 0.0409. The highest BCUT2D eigenvalue weighted by atomic mass is 35.5. The van der Waals surface area contributed by atoms with Crippen molar-refractivity contribution in [2.75, 3.05) is 14.1 Å². The maximum Gasteiger partial charge on any atom is 0.278 e. The predicted octanol–water partition coefficient (Wildman–Crippen LogP) is 4.62. The van der Waals surface area contributed by atoms with Crippen LogP contribution in [0.25, 0.3) is 33.8 Å². The molecule has 9 heteroatoms. The van der Waals surface area contributed by atoms with Gasteiger partial charge in [-0.2, -0.15) is 10.1 Å². The Bertz CT molecular complexity index is 1640. The molecule has 0 aliphatic carbocycles. The Morgan fingerprint density at radius 3 is 2.31 bits per heavy atom. The van der Waals surface area contributed by atoms with Crippen molar-refractivity contribution in [2.45, 2.75) is 0 Å². The van der Waals surface area contributed by atoms with Crippen molar-refractivity contribution in [3.8, 4) is 22.8 Å². The molecule has 1 amide bonds. The van der Waals surface area contributed by atoms with E-state index in [-0.39, 0.29) is 11.5 Å². The average Bonchev–Trinajstić information content (AvgIpc) is 3.33. The summed E-state index contributed by atoms with van der Waals surface area (Å²) in [4.78, 5) is 36.6. The van der Waals surface area contributed by atoms with Crippen molar-refractivity contribution in [1.29, 1.82) is 0 Å². The zero-order valence-corrected chi connectivity index (χ0v) is 20.3. The van der Waals surface area contributed by atoms with E-state index in [2.05, 4.69) is 10.1 Å². The third kappa shape index (κ3) is 4.42. The molecule has 0 atom stereocenters. The van der Waals surface area contributed by atoms with Crippen LogP contribution in [0.2, 0.25) is 5.02 Å².